The van der Waals surface area contributed by atoms with Crippen molar-refractivity contribution < 1.29 is 28.7 Å². The summed E-state index contributed by atoms with van der Waals surface area (Å²) < 4.78 is 15.6. The standard InChI is InChI=1S/C20H27NO7/c1-13(2)15-9-8-14(3)10-18(15)28-20(23)12-27-19(22)11-26-17-7-5-4-6-16(17)21(24)25/h4-7,13-15,18H,8-12H2,1-3H3/t14-,15+,18+/m0/s1. The molecule has 0 radical (unpaired) electrons. The van der Waals surface area contributed by atoms with Crippen molar-refractivity contribution in [1.29, 1.82) is 0 Å². The maximum atomic E-state index is 12.1. The van der Waals surface area contributed by atoms with Gasteiger partial charge in [0.2, 0.25) is 0 Å². The van der Waals surface area contributed by atoms with E-state index < -0.39 is 30.1 Å². The van der Waals surface area contributed by atoms with Crippen molar-refractivity contribution in [1.82, 2.24) is 0 Å². The van der Waals surface area contributed by atoms with E-state index >= 15 is 0 Å². The molecule has 8 heteroatoms. The fraction of sp³-hybridized carbons (Fsp3) is 0.600. The van der Waals surface area contributed by atoms with Crippen molar-refractivity contribution in [2.45, 2.75) is 46.1 Å². The lowest BCUT2D eigenvalue weighted by atomic mass is 9.75. The summed E-state index contributed by atoms with van der Waals surface area (Å²) in [5.41, 5.74) is -0.249. The van der Waals surface area contributed by atoms with Crippen LogP contribution in [0.1, 0.15) is 40.0 Å². The van der Waals surface area contributed by atoms with E-state index in [-0.39, 0.29) is 17.5 Å². The lowest BCUT2D eigenvalue weighted by Crippen LogP contribution is -2.37. The van der Waals surface area contributed by atoms with Crippen LogP contribution in [0.2, 0.25) is 0 Å². The topological polar surface area (TPSA) is 105 Å². The van der Waals surface area contributed by atoms with Crippen molar-refractivity contribution in [2.75, 3.05) is 13.2 Å². The Balaban J connectivity index is 1.79. The predicted molar refractivity (Wildman–Crippen MR) is 101 cm³/mol. The number of benzene rings is 1. The third-order valence-electron chi connectivity index (χ3n) is 5.00. The van der Waals surface area contributed by atoms with Gasteiger partial charge in [0.05, 0.1) is 4.92 Å². The molecule has 3 atom stereocenters. The molecule has 0 amide bonds. The smallest absolute Gasteiger partial charge is 0.344 e. The van der Waals surface area contributed by atoms with Crippen LogP contribution in [0.25, 0.3) is 0 Å². The van der Waals surface area contributed by atoms with Gasteiger partial charge in [-0.25, -0.2) is 9.59 Å². The second-order valence-corrected chi connectivity index (χ2v) is 7.53. The van der Waals surface area contributed by atoms with E-state index in [9.17, 15) is 19.7 Å². The van der Waals surface area contributed by atoms with Crippen LogP contribution in [-0.4, -0.2) is 36.2 Å². The Morgan fingerprint density at radius 1 is 1.18 bits per heavy atom. The molecule has 0 N–H and O–H groups in total. The summed E-state index contributed by atoms with van der Waals surface area (Å²) in [6.45, 7) is 5.32. The highest BCUT2D eigenvalue weighted by molar-refractivity contribution is 5.77. The molecule has 0 aromatic heterocycles. The number of carbonyl (C=O) groups is 2. The highest BCUT2D eigenvalue weighted by Crippen LogP contribution is 2.35. The summed E-state index contributed by atoms with van der Waals surface area (Å²) in [7, 11) is 0. The van der Waals surface area contributed by atoms with Gasteiger partial charge in [0.25, 0.3) is 0 Å². The summed E-state index contributed by atoms with van der Waals surface area (Å²) >= 11 is 0. The van der Waals surface area contributed by atoms with Crippen LogP contribution in [0.5, 0.6) is 5.75 Å². The largest absolute Gasteiger partial charge is 0.475 e. The second-order valence-electron chi connectivity index (χ2n) is 7.53. The van der Waals surface area contributed by atoms with Crippen LogP contribution in [0.15, 0.2) is 24.3 Å². The Kier molecular flexibility index (Phi) is 7.78. The van der Waals surface area contributed by atoms with E-state index in [0.29, 0.717) is 17.8 Å². The van der Waals surface area contributed by atoms with Crippen LogP contribution >= 0.6 is 0 Å². The van der Waals surface area contributed by atoms with Gasteiger partial charge in [0.1, 0.15) is 6.10 Å². The van der Waals surface area contributed by atoms with E-state index in [1.807, 2.05) is 0 Å². The van der Waals surface area contributed by atoms with Gasteiger partial charge in [-0.3, -0.25) is 10.1 Å². The highest BCUT2D eigenvalue weighted by Gasteiger charge is 2.33. The highest BCUT2D eigenvalue weighted by atomic mass is 16.6. The number of carbonyl (C=O) groups excluding carboxylic acids is 2. The van der Waals surface area contributed by atoms with Gasteiger partial charge < -0.3 is 14.2 Å². The summed E-state index contributed by atoms with van der Waals surface area (Å²) in [4.78, 5) is 34.2. The summed E-state index contributed by atoms with van der Waals surface area (Å²) in [5.74, 6) is -0.231. The summed E-state index contributed by atoms with van der Waals surface area (Å²) in [6, 6.07) is 5.71. The van der Waals surface area contributed by atoms with E-state index in [4.69, 9.17) is 14.2 Å². The zero-order valence-electron chi connectivity index (χ0n) is 16.5. The Morgan fingerprint density at radius 3 is 2.57 bits per heavy atom. The summed E-state index contributed by atoms with van der Waals surface area (Å²) in [5, 5.41) is 10.9. The van der Waals surface area contributed by atoms with Crippen LogP contribution in [0.4, 0.5) is 5.69 Å². The molecular weight excluding hydrogens is 366 g/mol. The van der Waals surface area contributed by atoms with Crippen molar-refractivity contribution in [3.05, 3.63) is 34.4 Å². The quantitative estimate of drug-likeness (QED) is 0.378. The van der Waals surface area contributed by atoms with Crippen molar-refractivity contribution in [3.8, 4) is 5.75 Å². The van der Waals surface area contributed by atoms with Gasteiger partial charge in [0.15, 0.2) is 19.0 Å². The fourth-order valence-electron chi connectivity index (χ4n) is 3.50. The van der Waals surface area contributed by atoms with Gasteiger partial charge in [-0.1, -0.05) is 39.3 Å². The lowest BCUT2D eigenvalue weighted by molar-refractivity contribution is -0.385. The van der Waals surface area contributed by atoms with Crippen LogP contribution in [0, 0.1) is 27.9 Å². The first-order chi connectivity index (χ1) is 13.3. The molecule has 2 rings (SSSR count). The minimum absolute atomic E-state index is 0.0389. The zero-order valence-corrected chi connectivity index (χ0v) is 16.5. The maximum absolute atomic E-state index is 12.1. The van der Waals surface area contributed by atoms with Gasteiger partial charge in [0, 0.05) is 6.07 Å². The molecule has 1 aliphatic rings. The molecule has 0 bridgehead atoms. The van der Waals surface area contributed by atoms with Crippen molar-refractivity contribution >= 4 is 17.6 Å². The first kappa shape index (κ1) is 21.7. The summed E-state index contributed by atoms with van der Waals surface area (Å²) in [6.07, 6.45) is 2.77. The average Bonchev–Trinajstić information content (AvgIpc) is 2.64. The molecule has 0 saturated heterocycles. The number of rotatable bonds is 8. The monoisotopic (exact) mass is 393 g/mol. The maximum Gasteiger partial charge on any atom is 0.344 e. The SMILES string of the molecule is CC(C)[C@H]1CC[C@H](C)C[C@H]1OC(=O)COC(=O)COc1ccccc1[N+](=O)[O-]. The Hall–Kier alpha value is -2.64. The van der Waals surface area contributed by atoms with Crippen molar-refractivity contribution in [3.63, 3.8) is 0 Å². The number of nitro benzene ring substituents is 1. The molecule has 0 unspecified atom stereocenters. The number of nitrogens with zero attached hydrogens (tertiary/aromatic N) is 1. The van der Waals surface area contributed by atoms with E-state index in [1.54, 1.807) is 6.07 Å². The third kappa shape index (κ3) is 6.21. The number of ether oxygens (including phenoxy) is 3. The van der Waals surface area contributed by atoms with Crippen LogP contribution in [-0.2, 0) is 19.1 Å². The number of esters is 2. The molecule has 28 heavy (non-hydrogen) atoms. The molecule has 154 valence electrons. The van der Waals surface area contributed by atoms with Crippen LogP contribution < -0.4 is 4.74 Å². The molecule has 0 spiro atoms. The zero-order chi connectivity index (χ0) is 20.7. The first-order valence-electron chi connectivity index (χ1n) is 9.49. The molecule has 0 aliphatic heterocycles. The van der Waals surface area contributed by atoms with Gasteiger partial charge in [-0.15, -0.1) is 0 Å². The molecular formula is C20H27NO7. The molecule has 0 heterocycles. The Morgan fingerprint density at radius 2 is 1.89 bits per heavy atom. The van der Waals surface area contributed by atoms with Gasteiger partial charge in [-0.2, -0.15) is 0 Å². The number of para-hydroxylation sites is 2. The molecule has 1 aromatic carbocycles. The van der Waals surface area contributed by atoms with Gasteiger partial charge >= 0.3 is 17.6 Å². The van der Waals surface area contributed by atoms with E-state index in [2.05, 4.69) is 20.8 Å². The van der Waals surface area contributed by atoms with E-state index in [0.717, 1.165) is 19.3 Å². The molecule has 1 aliphatic carbocycles. The van der Waals surface area contributed by atoms with Gasteiger partial charge in [-0.05, 0) is 36.7 Å². The number of hydrogen-bond donors (Lipinski definition) is 0. The third-order valence-corrected chi connectivity index (χ3v) is 5.00. The second kappa shape index (κ2) is 10.1. The lowest BCUT2D eigenvalue weighted by Gasteiger charge is -2.36. The molecule has 1 saturated carbocycles. The minimum atomic E-state index is -0.799. The number of hydrogen-bond acceptors (Lipinski definition) is 7. The Bertz CT molecular complexity index is 704. The number of nitro groups is 1. The Labute approximate surface area is 164 Å². The van der Waals surface area contributed by atoms with Crippen LogP contribution in [0.3, 0.4) is 0 Å². The minimum Gasteiger partial charge on any atom is -0.475 e. The molecule has 1 aromatic rings. The fourth-order valence-corrected chi connectivity index (χ4v) is 3.50. The first-order valence-corrected chi connectivity index (χ1v) is 9.49. The average molecular weight is 393 g/mol. The van der Waals surface area contributed by atoms with E-state index in [1.165, 1.54) is 18.2 Å². The molecule has 8 nitrogen and oxygen atoms in total. The predicted octanol–water partition coefficient (Wildman–Crippen LogP) is 3.52. The normalized spacial score (nSPS) is 21.8. The van der Waals surface area contributed by atoms with Crippen molar-refractivity contribution in [2.24, 2.45) is 17.8 Å². The molecule has 1 fully saturated rings.